The fourth-order valence-electron chi connectivity index (χ4n) is 3.62. The van der Waals surface area contributed by atoms with E-state index >= 15 is 0 Å². The maximum atomic E-state index is 12.7. The number of hydrogen-bond acceptors (Lipinski definition) is 3. The molecule has 4 heteroatoms. The zero-order valence-corrected chi connectivity index (χ0v) is 15.2. The van der Waals surface area contributed by atoms with Crippen molar-refractivity contribution in [3.63, 3.8) is 0 Å². The molecule has 0 radical (unpaired) electrons. The summed E-state index contributed by atoms with van der Waals surface area (Å²) in [5.74, 6) is 0.722. The Morgan fingerprint density at radius 1 is 1.00 bits per heavy atom. The van der Waals surface area contributed by atoms with Crippen LogP contribution in [0.15, 0.2) is 65.1 Å². The molecule has 1 atom stereocenters. The minimum atomic E-state index is -0.205. The number of ketones is 1. The van der Waals surface area contributed by atoms with Crippen molar-refractivity contribution in [2.24, 2.45) is 0 Å². The van der Waals surface area contributed by atoms with Crippen molar-refractivity contribution in [3.05, 3.63) is 83.1 Å². The fourth-order valence-corrected chi connectivity index (χ4v) is 3.62. The van der Waals surface area contributed by atoms with Crippen LogP contribution in [-0.2, 0) is 6.42 Å². The number of benzene rings is 2. The van der Waals surface area contributed by atoms with Gasteiger partial charge in [0.25, 0.3) is 5.91 Å². The molecule has 1 N–H and O–H groups in total. The van der Waals surface area contributed by atoms with Gasteiger partial charge in [0.15, 0.2) is 11.5 Å². The van der Waals surface area contributed by atoms with Gasteiger partial charge < -0.3 is 9.73 Å². The Labute approximate surface area is 158 Å². The summed E-state index contributed by atoms with van der Waals surface area (Å²) in [6, 6.07) is 18.9. The van der Waals surface area contributed by atoms with Gasteiger partial charge in [-0.25, -0.2) is 0 Å². The van der Waals surface area contributed by atoms with Crippen molar-refractivity contribution in [1.82, 2.24) is 5.32 Å². The van der Waals surface area contributed by atoms with Gasteiger partial charge in [-0.1, -0.05) is 48.5 Å². The van der Waals surface area contributed by atoms with Gasteiger partial charge in [0.05, 0.1) is 6.04 Å². The van der Waals surface area contributed by atoms with Crippen LogP contribution in [0.5, 0.6) is 0 Å². The summed E-state index contributed by atoms with van der Waals surface area (Å²) < 4.78 is 5.76. The first-order valence-corrected chi connectivity index (χ1v) is 9.22. The molecule has 1 heterocycles. The first kappa shape index (κ1) is 17.3. The second-order valence-electron chi connectivity index (χ2n) is 6.91. The highest BCUT2D eigenvalue weighted by atomic mass is 16.3. The van der Waals surface area contributed by atoms with Crippen molar-refractivity contribution in [1.29, 1.82) is 0 Å². The molecule has 0 unspecified atom stereocenters. The van der Waals surface area contributed by atoms with Gasteiger partial charge >= 0.3 is 0 Å². The van der Waals surface area contributed by atoms with Gasteiger partial charge in [-0.2, -0.15) is 0 Å². The zero-order valence-electron chi connectivity index (χ0n) is 15.2. The molecule has 136 valence electrons. The maximum Gasteiger partial charge on any atom is 0.287 e. The van der Waals surface area contributed by atoms with Crippen molar-refractivity contribution in [3.8, 4) is 11.3 Å². The van der Waals surface area contributed by atoms with Gasteiger partial charge in [-0.3, -0.25) is 9.59 Å². The van der Waals surface area contributed by atoms with Crippen molar-refractivity contribution >= 4 is 11.7 Å². The molecule has 4 nitrogen and oxygen atoms in total. The number of fused-ring (bicyclic) bond motifs is 1. The molecule has 4 rings (SSSR count). The molecule has 0 saturated heterocycles. The third-order valence-corrected chi connectivity index (χ3v) is 5.08. The molecule has 3 aromatic rings. The van der Waals surface area contributed by atoms with E-state index in [1.807, 2.05) is 24.3 Å². The lowest BCUT2D eigenvalue weighted by atomic mass is 9.88. The third-order valence-electron chi connectivity index (χ3n) is 5.08. The molecule has 27 heavy (non-hydrogen) atoms. The van der Waals surface area contributed by atoms with E-state index < -0.39 is 0 Å². The van der Waals surface area contributed by atoms with E-state index in [4.69, 9.17) is 4.42 Å². The fraction of sp³-hybridized carbons (Fsp3) is 0.217. The highest BCUT2D eigenvalue weighted by molar-refractivity contribution is 5.94. The van der Waals surface area contributed by atoms with Crippen molar-refractivity contribution in [2.75, 3.05) is 0 Å². The minimum absolute atomic E-state index is 0.0193. The SMILES string of the molecule is CC(=O)c1ccc(-c2ccc(C(=O)N[C@@H]3CCCc4ccccc43)o2)cc1. The first-order valence-electron chi connectivity index (χ1n) is 9.22. The molecule has 1 aromatic heterocycles. The number of furan rings is 1. The maximum absolute atomic E-state index is 12.7. The number of nitrogens with one attached hydrogen (secondary N) is 1. The summed E-state index contributed by atoms with van der Waals surface area (Å²) in [7, 11) is 0. The summed E-state index contributed by atoms with van der Waals surface area (Å²) in [5, 5.41) is 3.10. The predicted octanol–water partition coefficient (Wildman–Crippen LogP) is 4.96. The van der Waals surface area contributed by atoms with Crippen LogP contribution in [0.2, 0.25) is 0 Å². The quantitative estimate of drug-likeness (QED) is 0.670. The number of amides is 1. The Morgan fingerprint density at radius 3 is 2.56 bits per heavy atom. The van der Waals surface area contributed by atoms with Crippen LogP contribution in [0, 0.1) is 0 Å². The van der Waals surface area contributed by atoms with Gasteiger partial charge in [-0.15, -0.1) is 0 Å². The predicted molar refractivity (Wildman–Crippen MR) is 104 cm³/mol. The number of carbonyl (C=O) groups excluding carboxylic acids is 2. The molecule has 1 aliphatic rings. The summed E-state index contributed by atoms with van der Waals surface area (Å²) in [4.78, 5) is 24.0. The highest BCUT2D eigenvalue weighted by Crippen LogP contribution is 2.30. The lowest BCUT2D eigenvalue weighted by Crippen LogP contribution is -2.30. The molecule has 0 bridgehead atoms. The highest BCUT2D eigenvalue weighted by Gasteiger charge is 2.23. The van der Waals surface area contributed by atoms with Crippen molar-refractivity contribution in [2.45, 2.75) is 32.2 Å². The Hall–Kier alpha value is -3.14. The van der Waals surface area contributed by atoms with E-state index in [-0.39, 0.29) is 17.7 Å². The van der Waals surface area contributed by atoms with Crippen LogP contribution in [0.3, 0.4) is 0 Å². The van der Waals surface area contributed by atoms with Crippen molar-refractivity contribution < 1.29 is 14.0 Å². The molecular formula is C23H21NO3. The summed E-state index contributed by atoms with van der Waals surface area (Å²) in [6.45, 7) is 1.54. The number of Topliss-reactive ketones (excluding diaryl/α,β-unsaturated/α-hetero) is 1. The molecule has 0 fully saturated rings. The lowest BCUT2D eigenvalue weighted by Gasteiger charge is -2.25. The van der Waals surface area contributed by atoms with E-state index in [1.54, 1.807) is 24.3 Å². The van der Waals surface area contributed by atoms with E-state index in [2.05, 4.69) is 17.4 Å². The molecule has 2 aromatic carbocycles. The van der Waals surface area contributed by atoms with Gasteiger partial charge in [0.1, 0.15) is 5.76 Å². The van der Waals surface area contributed by atoms with Gasteiger partial charge in [-0.05, 0) is 49.4 Å². The summed E-state index contributed by atoms with van der Waals surface area (Å²) >= 11 is 0. The van der Waals surface area contributed by atoms with Crippen LogP contribution in [0.4, 0.5) is 0 Å². The molecule has 0 aliphatic heterocycles. The van der Waals surface area contributed by atoms with Crippen LogP contribution in [-0.4, -0.2) is 11.7 Å². The van der Waals surface area contributed by atoms with Crippen LogP contribution < -0.4 is 5.32 Å². The first-order chi connectivity index (χ1) is 13.1. The number of aryl methyl sites for hydroxylation is 1. The lowest BCUT2D eigenvalue weighted by molar-refractivity contribution is 0.0905. The minimum Gasteiger partial charge on any atom is -0.451 e. The second kappa shape index (κ2) is 7.23. The molecule has 0 saturated carbocycles. The molecule has 0 spiro atoms. The average Bonchev–Trinajstić information content (AvgIpc) is 3.19. The van der Waals surface area contributed by atoms with Gasteiger partial charge in [0, 0.05) is 11.1 Å². The summed E-state index contributed by atoms with van der Waals surface area (Å²) in [6.07, 6.45) is 3.06. The topological polar surface area (TPSA) is 59.3 Å². The van der Waals surface area contributed by atoms with E-state index in [0.717, 1.165) is 24.8 Å². The number of carbonyl (C=O) groups is 2. The van der Waals surface area contributed by atoms with Gasteiger partial charge in [0.2, 0.25) is 0 Å². The Morgan fingerprint density at radius 2 is 1.78 bits per heavy atom. The van der Waals surface area contributed by atoms with E-state index in [0.29, 0.717) is 17.1 Å². The normalized spacial score (nSPS) is 15.8. The standard InChI is InChI=1S/C23H21NO3/c1-15(25)16-9-11-18(12-10-16)21-13-14-22(27-21)23(26)24-20-8-4-6-17-5-2-3-7-19(17)20/h2-3,5,7,9-14,20H,4,6,8H2,1H3,(H,24,26)/t20-/m1/s1. The molecule has 1 amide bonds. The second-order valence-corrected chi connectivity index (χ2v) is 6.91. The number of rotatable bonds is 4. The zero-order chi connectivity index (χ0) is 18.8. The average molecular weight is 359 g/mol. The number of hydrogen-bond donors (Lipinski definition) is 1. The molecular weight excluding hydrogens is 338 g/mol. The van der Waals surface area contributed by atoms with Crippen LogP contribution >= 0.6 is 0 Å². The van der Waals surface area contributed by atoms with Crippen LogP contribution in [0.25, 0.3) is 11.3 Å². The monoisotopic (exact) mass is 359 g/mol. The smallest absolute Gasteiger partial charge is 0.287 e. The Bertz CT molecular complexity index is 985. The third kappa shape index (κ3) is 3.56. The van der Waals surface area contributed by atoms with E-state index in [9.17, 15) is 9.59 Å². The van der Waals surface area contributed by atoms with E-state index in [1.165, 1.54) is 18.1 Å². The largest absolute Gasteiger partial charge is 0.451 e. The Balaban J connectivity index is 1.50. The Kier molecular flexibility index (Phi) is 4.63. The molecule has 1 aliphatic carbocycles. The summed E-state index contributed by atoms with van der Waals surface area (Å²) in [5.41, 5.74) is 3.99. The van der Waals surface area contributed by atoms with Crippen LogP contribution in [0.1, 0.15) is 57.8 Å².